The molecule has 1 aromatic carbocycles. The molecule has 1 aromatic rings. The lowest BCUT2D eigenvalue weighted by Gasteiger charge is -2.32. The zero-order valence-corrected chi connectivity index (χ0v) is 13.1. The van der Waals surface area contributed by atoms with Crippen molar-refractivity contribution >= 4 is 0 Å². The molecule has 2 atom stereocenters. The average Bonchev–Trinajstić information content (AvgIpc) is 2.85. The Hall–Kier alpha value is -1.42. The van der Waals surface area contributed by atoms with Crippen molar-refractivity contribution in [2.45, 2.75) is 45.8 Å². The number of nitrogens with one attached hydrogen (secondary N) is 1. The van der Waals surface area contributed by atoms with Crippen LogP contribution >= 0.6 is 0 Å². The van der Waals surface area contributed by atoms with Gasteiger partial charge in [-0.1, -0.05) is 13.8 Å². The topological polar surface area (TPSA) is 39.7 Å². The summed E-state index contributed by atoms with van der Waals surface area (Å²) in [6.07, 6.45) is 3.89. The summed E-state index contributed by atoms with van der Waals surface area (Å²) in [6, 6.07) is 4.02. The normalized spacial score (nSPS) is 27.7. The molecule has 1 heterocycles. The molecule has 4 nitrogen and oxygen atoms in total. The summed E-state index contributed by atoms with van der Waals surface area (Å²) in [5.74, 6) is 4.01. The average molecular weight is 291 g/mol. The fourth-order valence-electron chi connectivity index (χ4n) is 3.55. The van der Waals surface area contributed by atoms with Crippen LogP contribution in [0.25, 0.3) is 0 Å². The molecular weight excluding hydrogens is 266 g/mol. The van der Waals surface area contributed by atoms with E-state index >= 15 is 0 Å². The van der Waals surface area contributed by atoms with E-state index in [0.717, 1.165) is 54.0 Å². The molecule has 1 aliphatic carbocycles. The quantitative estimate of drug-likeness (QED) is 0.923. The van der Waals surface area contributed by atoms with Gasteiger partial charge in [0.2, 0.25) is 6.79 Å². The maximum Gasteiger partial charge on any atom is 0.231 e. The van der Waals surface area contributed by atoms with E-state index in [4.69, 9.17) is 14.2 Å². The van der Waals surface area contributed by atoms with Crippen LogP contribution in [0.4, 0.5) is 0 Å². The second kappa shape index (κ2) is 6.14. The van der Waals surface area contributed by atoms with E-state index in [1.807, 2.05) is 19.2 Å². The smallest absolute Gasteiger partial charge is 0.231 e. The SMILES string of the molecule is CNCc1cc2c(cc1OC1CC(C)CC(C)C1)OCO2. The minimum Gasteiger partial charge on any atom is -0.490 e. The molecule has 4 heteroatoms. The molecule has 0 bridgehead atoms. The van der Waals surface area contributed by atoms with Gasteiger partial charge in [-0.2, -0.15) is 0 Å². The molecule has 0 aromatic heterocycles. The highest BCUT2D eigenvalue weighted by atomic mass is 16.7. The third-order valence-electron chi connectivity index (χ3n) is 4.35. The Bertz CT molecular complexity index is 493. The standard InChI is InChI=1S/C17H25NO3/c1-11-4-12(2)6-14(5-11)21-15-8-17-16(19-10-20-17)7-13(15)9-18-3/h7-8,11-12,14,18H,4-6,9-10H2,1-3H3. The summed E-state index contributed by atoms with van der Waals surface area (Å²) in [5.41, 5.74) is 1.13. The van der Waals surface area contributed by atoms with Gasteiger partial charge in [-0.05, 0) is 44.2 Å². The van der Waals surface area contributed by atoms with Crippen molar-refractivity contribution in [3.8, 4) is 17.2 Å². The summed E-state index contributed by atoms with van der Waals surface area (Å²) < 4.78 is 17.3. The van der Waals surface area contributed by atoms with Crippen LogP contribution in [-0.2, 0) is 6.54 Å². The van der Waals surface area contributed by atoms with Crippen molar-refractivity contribution in [1.29, 1.82) is 0 Å². The monoisotopic (exact) mass is 291 g/mol. The van der Waals surface area contributed by atoms with E-state index in [1.54, 1.807) is 0 Å². The van der Waals surface area contributed by atoms with Crippen molar-refractivity contribution < 1.29 is 14.2 Å². The first-order chi connectivity index (χ1) is 10.2. The minimum absolute atomic E-state index is 0.301. The molecule has 2 aliphatic rings. The van der Waals surface area contributed by atoms with Crippen LogP contribution in [0, 0.1) is 11.8 Å². The summed E-state index contributed by atoms with van der Waals surface area (Å²) in [6.45, 7) is 5.71. The lowest BCUT2D eigenvalue weighted by Crippen LogP contribution is -2.29. The summed E-state index contributed by atoms with van der Waals surface area (Å²) in [4.78, 5) is 0. The van der Waals surface area contributed by atoms with Gasteiger partial charge >= 0.3 is 0 Å². The second-order valence-electron chi connectivity index (χ2n) is 6.50. The lowest BCUT2D eigenvalue weighted by molar-refractivity contribution is 0.0997. The highest BCUT2D eigenvalue weighted by molar-refractivity contribution is 5.51. The molecule has 0 amide bonds. The van der Waals surface area contributed by atoms with E-state index < -0.39 is 0 Å². The molecule has 3 rings (SSSR count). The zero-order valence-electron chi connectivity index (χ0n) is 13.1. The van der Waals surface area contributed by atoms with Crippen LogP contribution in [0.1, 0.15) is 38.7 Å². The molecule has 21 heavy (non-hydrogen) atoms. The van der Waals surface area contributed by atoms with Crippen molar-refractivity contribution in [2.24, 2.45) is 11.8 Å². The highest BCUT2D eigenvalue weighted by Crippen LogP contribution is 2.40. The van der Waals surface area contributed by atoms with Crippen LogP contribution in [-0.4, -0.2) is 19.9 Å². The van der Waals surface area contributed by atoms with E-state index in [1.165, 1.54) is 6.42 Å². The first-order valence-electron chi connectivity index (χ1n) is 7.89. The van der Waals surface area contributed by atoms with Gasteiger partial charge in [0.05, 0.1) is 6.10 Å². The number of hydrogen-bond acceptors (Lipinski definition) is 4. The second-order valence-corrected chi connectivity index (χ2v) is 6.50. The molecule has 1 fully saturated rings. The van der Waals surface area contributed by atoms with E-state index in [2.05, 4.69) is 19.2 Å². The van der Waals surface area contributed by atoms with Crippen molar-refractivity contribution in [3.05, 3.63) is 17.7 Å². The number of fused-ring (bicyclic) bond motifs is 1. The van der Waals surface area contributed by atoms with Crippen molar-refractivity contribution in [2.75, 3.05) is 13.8 Å². The Morgan fingerprint density at radius 2 is 1.76 bits per heavy atom. The van der Waals surface area contributed by atoms with Crippen LogP contribution in [0.3, 0.4) is 0 Å². The van der Waals surface area contributed by atoms with Crippen LogP contribution in [0.5, 0.6) is 17.2 Å². The molecule has 1 aliphatic heterocycles. The fourth-order valence-corrected chi connectivity index (χ4v) is 3.55. The van der Waals surface area contributed by atoms with Gasteiger partial charge in [-0.15, -0.1) is 0 Å². The van der Waals surface area contributed by atoms with Crippen LogP contribution in [0.2, 0.25) is 0 Å². The van der Waals surface area contributed by atoms with E-state index in [-0.39, 0.29) is 0 Å². The van der Waals surface area contributed by atoms with Crippen LogP contribution < -0.4 is 19.5 Å². The first kappa shape index (κ1) is 14.5. The number of benzene rings is 1. The van der Waals surface area contributed by atoms with Gasteiger partial charge < -0.3 is 19.5 Å². The Kier molecular flexibility index (Phi) is 4.24. The molecule has 0 saturated heterocycles. The summed E-state index contributed by atoms with van der Waals surface area (Å²) in [5, 5.41) is 3.19. The first-order valence-corrected chi connectivity index (χ1v) is 7.89. The molecule has 116 valence electrons. The predicted molar refractivity (Wildman–Crippen MR) is 81.9 cm³/mol. The third-order valence-corrected chi connectivity index (χ3v) is 4.35. The number of rotatable bonds is 4. The molecular formula is C17H25NO3. The maximum atomic E-state index is 6.33. The Balaban J connectivity index is 1.80. The lowest BCUT2D eigenvalue weighted by atomic mass is 9.82. The zero-order chi connectivity index (χ0) is 14.8. The Morgan fingerprint density at radius 1 is 1.10 bits per heavy atom. The number of ether oxygens (including phenoxy) is 3. The Labute approximate surface area is 126 Å². The molecule has 0 spiro atoms. The number of hydrogen-bond donors (Lipinski definition) is 1. The molecule has 1 saturated carbocycles. The van der Waals surface area contributed by atoms with Gasteiger partial charge in [0.1, 0.15) is 5.75 Å². The minimum atomic E-state index is 0.301. The Morgan fingerprint density at radius 3 is 2.43 bits per heavy atom. The van der Waals surface area contributed by atoms with E-state index in [0.29, 0.717) is 12.9 Å². The van der Waals surface area contributed by atoms with Gasteiger partial charge in [0.15, 0.2) is 11.5 Å². The third kappa shape index (κ3) is 3.26. The maximum absolute atomic E-state index is 6.33. The van der Waals surface area contributed by atoms with Gasteiger partial charge in [-0.25, -0.2) is 0 Å². The summed E-state index contributed by atoms with van der Waals surface area (Å²) in [7, 11) is 1.94. The largest absolute Gasteiger partial charge is 0.490 e. The molecule has 1 N–H and O–H groups in total. The van der Waals surface area contributed by atoms with Gasteiger partial charge in [0, 0.05) is 18.2 Å². The fraction of sp³-hybridized carbons (Fsp3) is 0.647. The molecule has 2 unspecified atom stereocenters. The highest BCUT2D eigenvalue weighted by Gasteiger charge is 2.27. The summed E-state index contributed by atoms with van der Waals surface area (Å²) >= 11 is 0. The van der Waals surface area contributed by atoms with Gasteiger partial charge in [0.25, 0.3) is 0 Å². The predicted octanol–water partition coefficient (Wildman–Crippen LogP) is 3.34. The van der Waals surface area contributed by atoms with Crippen molar-refractivity contribution in [3.63, 3.8) is 0 Å². The van der Waals surface area contributed by atoms with Crippen molar-refractivity contribution in [1.82, 2.24) is 5.32 Å². The van der Waals surface area contributed by atoms with E-state index in [9.17, 15) is 0 Å². The van der Waals surface area contributed by atoms with Crippen LogP contribution in [0.15, 0.2) is 12.1 Å². The molecule has 0 radical (unpaired) electrons. The van der Waals surface area contributed by atoms with Gasteiger partial charge in [-0.3, -0.25) is 0 Å².